The van der Waals surface area contributed by atoms with Crippen molar-refractivity contribution in [3.63, 3.8) is 0 Å². The number of nitrogens with zero attached hydrogens (tertiary/aromatic N) is 4. The zero-order chi connectivity index (χ0) is 58.4. The molecule has 8 aromatic heterocycles. The molecule has 416 valence electrons. The number of thiophene rings is 1. The first kappa shape index (κ1) is 48.4. The second kappa shape index (κ2) is 18.0. The number of para-hydroxylation sites is 5. The Morgan fingerprint density at radius 2 is 0.689 bits per heavy atom. The zero-order valence-corrected chi connectivity index (χ0v) is 49.1. The quantitative estimate of drug-likeness (QED) is 0.173. The Labute approximate surface area is 517 Å². The van der Waals surface area contributed by atoms with E-state index in [1.54, 1.807) is 0 Å². The van der Waals surface area contributed by atoms with Crippen LogP contribution in [0.5, 0.6) is 0 Å². The molecular weight excluding hydrogens is 1110 g/mol. The fourth-order valence-electron chi connectivity index (χ4n) is 16.0. The van der Waals surface area contributed by atoms with Crippen LogP contribution in [0.25, 0.3) is 196 Å². The Morgan fingerprint density at radius 1 is 0.233 bits per heavy atom. The van der Waals surface area contributed by atoms with Crippen molar-refractivity contribution in [2.24, 2.45) is 0 Å². The van der Waals surface area contributed by atoms with E-state index in [9.17, 15) is 0 Å². The third kappa shape index (κ3) is 6.43. The highest BCUT2D eigenvalue weighted by Gasteiger charge is 2.26. The van der Waals surface area contributed by atoms with Gasteiger partial charge in [-0.2, -0.15) is 0 Å². The van der Waals surface area contributed by atoms with Crippen molar-refractivity contribution in [1.29, 1.82) is 0 Å². The van der Waals surface area contributed by atoms with Gasteiger partial charge < -0.3 is 22.4 Å². The lowest BCUT2D eigenvalue weighted by Gasteiger charge is -2.12. The molecule has 0 fully saturated rings. The highest BCUT2D eigenvalue weighted by atomic mass is 32.1. The smallest absolute Gasteiger partial charge is 0.135 e. The van der Waals surface area contributed by atoms with Gasteiger partial charge in [-0.05, 0) is 136 Å². The molecule has 6 heteroatoms. The Bertz CT molecular complexity index is 6780. The van der Waals surface area contributed by atoms with Crippen LogP contribution in [0, 0.1) is 0 Å². The summed E-state index contributed by atoms with van der Waals surface area (Å²) in [6, 6.07) is 107. The van der Waals surface area contributed by atoms with Crippen molar-refractivity contribution in [3.05, 3.63) is 291 Å². The topological polar surface area (TPSA) is 31.8 Å². The minimum Gasteiger partial charge on any atom is -0.456 e. The number of rotatable bonds is 4. The molecule has 22 rings (SSSR count). The summed E-state index contributed by atoms with van der Waals surface area (Å²) in [5, 5.41) is 20.5. The standard InChI is InChI=1S/C42H24N2O.C42H24N2S/c1-4-12-34-28(8-1)31-11-7-14-36-40(31)41-37(22-21-32-29-9-2-5-13-35(29)44(34)42(32)41)43(36)27-19-16-25(17-20-27)26-18-23-39-33(24-26)30-10-3-6-15-38(30)45-39;1-4-17-33-28(12-1)30-16-8-19-35-40(30)41-36(23-22-31-29-13-2-5-18-34(29)44(33)42(31)41)43(35)26-11-7-10-25(24-26)27-15-9-21-38-39(27)32-14-3-6-20-37(32)45-38/h2*1-24H. The van der Waals surface area contributed by atoms with Gasteiger partial charge in [-0.15, -0.1) is 11.3 Å². The van der Waals surface area contributed by atoms with E-state index >= 15 is 0 Å². The molecule has 0 saturated heterocycles. The monoisotopic (exact) mass is 1160 g/mol. The molecule has 0 atom stereocenters. The molecule has 0 aliphatic rings. The van der Waals surface area contributed by atoms with Crippen molar-refractivity contribution in [2.75, 3.05) is 0 Å². The fourth-order valence-corrected chi connectivity index (χ4v) is 17.2. The van der Waals surface area contributed by atoms with E-state index < -0.39 is 0 Å². The van der Waals surface area contributed by atoms with E-state index in [4.69, 9.17) is 4.42 Å². The molecule has 5 nitrogen and oxygen atoms in total. The van der Waals surface area contributed by atoms with Gasteiger partial charge in [0, 0.05) is 96.2 Å². The van der Waals surface area contributed by atoms with Crippen LogP contribution in [0.3, 0.4) is 0 Å². The summed E-state index contributed by atoms with van der Waals surface area (Å²) in [6.45, 7) is 0. The Hall–Kier alpha value is -11.7. The Kier molecular flexibility index (Phi) is 9.66. The number of furan rings is 1. The lowest BCUT2D eigenvalue weighted by Crippen LogP contribution is -1.95. The summed E-state index contributed by atoms with van der Waals surface area (Å²) in [6.07, 6.45) is 0. The summed E-state index contributed by atoms with van der Waals surface area (Å²) >= 11 is 1.88. The van der Waals surface area contributed by atoms with Crippen LogP contribution in [0.2, 0.25) is 0 Å². The number of hydrogen-bond donors (Lipinski definition) is 0. The van der Waals surface area contributed by atoms with Gasteiger partial charge in [0.15, 0.2) is 0 Å². The third-order valence-electron chi connectivity index (χ3n) is 19.7. The van der Waals surface area contributed by atoms with Crippen LogP contribution in [0.4, 0.5) is 0 Å². The molecular formula is C84H48N4OS. The van der Waals surface area contributed by atoms with Crippen LogP contribution in [0.1, 0.15) is 0 Å². The molecule has 22 aromatic rings. The molecule has 0 radical (unpaired) electrons. The van der Waals surface area contributed by atoms with Gasteiger partial charge in [0.25, 0.3) is 0 Å². The third-order valence-corrected chi connectivity index (χ3v) is 20.8. The van der Waals surface area contributed by atoms with Crippen molar-refractivity contribution in [3.8, 4) is 33.6 Å². The molecule has 0 aliphatic carbocycles. The average Bonchev–Trinajstić information content (AvgIpc) is 1.56. The Balaban J connectivity index is 0.000000122. The van der Waals surface area contributed by atoms with Gasteiger partial charge in [0.2, 0.25) is 0 Å². The van der Waals surface area contributed by atoms with Gasteiger partial charge in [-0.1, -0.05) is 188 Å². The number of benzene rings is 14. The molecule has 0 amide bonds. The van der Waals surface area contributed by atoms with Crippen LogP contribution < -0.4 is 0 Å². The first-order valence-corrected chi connectivity index (χ1v) is 31.7. The van der Waals surface area contributed by atoms with Gasteiger partial charge in [-0.25, -0.2) is 0 Å². The first-order valence-electron chi connectivity index (χ1n) is 30.9. The van der Waals surface area contributed by atoms with E-state index in [0.29, 0.717) is 0 Å². The van der Waals surface area contributed by atoms with Crippen molar-refractivity contribution < 1.29 is 4.42 Å². The summed E-state index contributed by atoms with van der Waals surface area (Å²) in [5.41, 5.74) is 21.5. The molecule has 90 heavy (non-hydrogen) atoms. The molecule has 8 heterocycles. The predicted octanol–water partition coefficient (Wildman–Crippen LogP) is 23.5. The van der Waals surface area contributed by atoms with Gasteiger partial charge >= 0.3 is 0 Å². The second-order valence-electron chi connectivity index (χ2n) is 24.2. The molecule has 0 N–H and O–H groups in total. The maximum Gasteiger partial charge on any atom is 0.135 e. The zero-order valence-electron chi connectivity index (χ0n) is 48.3. The highest BCUT2D eigenvalue weighted by molar-refractivity contribution is 7.26. The van der Waals surface area contributed by atoms with Crippen LogP contribution in [-0.4, -0.2) is 17.9 Å². The largest absolute Gasteiger partial charge is 0.456 e. The average molecular weight is 1160 g/mol. The maximum atomic E-state index is 6.08. The van der Waals surface area contributed by atoms with Crippen molar-refractivity contribution in [1.82, 2.24) is 17.9 Å². The lowest BCUT2D eigenvalue weighted by molar-refractivity contribution is 0.669. The fraction of sp³-hybridized carbons (Fsp3) is 0. The summed E-state index contributed by atoms with van der Waals surface area (Å²) in [5.74, 6) is 0. The Morgan fingerprint density at radius 3 is 1.31 bits per heavy atom. The molecule has 0 aliphatic heterocycles. The molecule has 14 aromatic carbocycles. The second-order valence-corrected chi connectivity index (χ2v) is 25.3. The predicted molar refractivity (Wildman–Crippen MR) is 382 cm³/mol. The van der Waals surface area contributed by atoms with Gasteiger partial charge in [0.05, 0.1) is 55.2 Å². The normalized spacial score (nSPS) is 12.4. The molecule has 0 unspecified atom stereocenters. The first-order chi connectivity index (χ1) is 44.7. The summed E-state index contributed by atoms with van der Waals surface area (Å²) in [4.78, 5) is 0. The van der Waals surface area contributed by atoms with Gasteiger partial charge in [0.1, 0.15) is 11.2 Å². The van der Waals surface area contributed by atoms with Crippen LogP contribution in [-0.2, 0) is 0 Å². The minimum atomic E-state index is 0.921. The van der Waals surface area contributed by atoms with E-state index in [2.05, 4.69) is 297 Å². The number of fused-ring (bicyclic) bond motifs is 18. The minimum absolute atomic E-state index is 0.921. The van der Waals surface area contributed by atoms with E-state index in [0.717, 1.165) is 27.6 Å². The number of aromatic nitrogens is 4. The molecule has 0 saturated carbocycles. The van der Waals surface area contributed by atoms with Crippen LogP contribution >= 0.6 is 11.3 Å². The molecule has 0 spiro atoms. The van der Waals surface area contributed by atoms with Crippen LogP contribution in [0.15, 0.2) is 296 Å². The van der Waals surface area contributed by atoms with Crippen molar-refractivity contribution in [2.45, 2.75) is 0 Å². The van der Waals surface area contributed by atoms with Crippen molar-refractivity contribution >= 4 is 173 Å². The van der Waals surface area contributed by atoms with Gasteiger partial charge in [-0.3, -0.25) is 0 Å². The highest BCUT2D eigenvalue weighted by Crippen LogP contribution is 2.49. The van der Waals surface area contributed by atoms with E-state index in [-0.39, 0.29) is 0 Å². The number of hydrogen-bond acceptors (Lipinski definition) is 2. The SMILES string of the molecule is c1cc(-c2cccc3sc4ccccc4c23)cc(-n2c3cccc4c5ccccc5n5c6ccccc6c6ccc2c(c43)c65)c1.c1ccc2c(c1)oc1ccc(-c3ccc(-n4c5cccc6c7ccccc7n7c8ccccc8c8ccc4c(c65)c87)cc3)cc12. The molecule has 0 bridgehead atoms. The van der Waals surface area contributed by atoms with E-state index in [1.165, 1.54) is 168 Å². The summed E-state index contributed by atoms with van der Waals surface area (Å²) in [7, 11) is 0. The lowest BCUT2D eigenvalue weighted by atomic mass is 9.99. The summed E-state index contributed by atoms with van der Waals surface area (Å²) < 4.78 is 18.7. The maximum absolute atomic E-state index is 6.08. The van der Waals surface area contributed by atoms with E-state index in [1.807, 2.05) is 23.5 Å².